The smallest absolute Gasteiger partial charge is 0.274 e. The van der Waals surface area contributed by atoms with Crippen molar-refractivity contribution in [2.24, 2.45) is 7.05 Å². The highest BCUT2D eigenvalue weighted by atomic mass is 16.2. The van der Waals surface area contributed by atoms with Crippen molar-refractivity contribution in [3.05, 3.63) is 78.3 Å². The monoisotopic (exact) mass is 535 g/mol. The summed E-state index contributed by atoms with van der Waals surface area (Å²) in [5, 5.41) is 4.46. The van der Waals surface area contributed by atoms with Crippen molar-refractivity contribution in [2.45, 2.75) is 25.7 Å². The molecule has 0 radical (unpaired) electrons. The van der Waals surface area contributed by atoms with Crippen LogP contribution < -0.4 is 11.5 Å². The van der Waals surface area contributed by atoms with E-state index in [1.165, 1.54) is 11.4 Å². The minimum absolute atomic E-state index is 0.0577. The number of carbonyl (C=O) groups is 2. The summed E-state index contributed by atoms with van der Waals surface area (Å²) in [4.78, 5) is 41.3. The number of pyridine rings is 2. The Morgan fingerprint density at radius 2 is 1.80 bits per heavy atom. The van der Waals surface area contributed by atoms with Crippen LogP contribution in [0.3, 0.4) is 0 Å². The topological polar surface area (TPSA) is 150 Å². The molecular formula is C29H29N9O2. The molecule has 5 aromatic heterocycles. The van der Waals surface area contributed by atoms with Crippen molar-refractivity contribution in [3.8, 4) is 22.4 Å². The van der Waals surface area contributed by atoms with Gasteiger partial charge in [-0.1, -0.05) is 6.07 Å². The molecule has 0 aromatic carbocycles. The molecule has 1 amide bonds. The lowest BCUT2D eigenvalue weighted by Crippen LogP contribution is -2.39. The maximum absolute atomic E-state index is 13.0. The number of aromatic nitrogens is 6. The number of nitrogen functional groups attached to an aromatic ring is 2. The summed E-state index contributed by atoms with van der Waals surface area (Å²) in [5.41, 5.74) is 18.2. The second kappa shape index (κ2) is 9.92. The predicted octanol–water partition coefficient (Wildman–Crippen LogP) is 3.58. The van der Waals surface area contributed by atoms with E-state index < -0.39 is 0 Å². The standard InChI is InChI=1S/C29H29N9O2/c1-17(39)24-25(18-8-12-37(13-9-18)29(40)26-22(30)4-3-10-32-26)35-28-21(15-34-38(28)27(24)31)19-5-6-23(33-14-19)20-7-11-36(2)16-20/h3-7,10-11,14-16,18H,8-9,12-13,30-31H2,1-2H3. The van der Waals surface area contributed by atoms with Crippen LogP contribution in [0.1, 0.15) is 52.2 Å². The second-order valence-corrected chi connectivity index (χ2v) is 10.1. The summed E-state index contributed by atoms with van der Waals surface area (Å²) in [5.74, 6) is -0.173. The molecule has 0 unspecified atom stereocenters. The summed E-state index contributed by atoms with van der Waals surface area (Å²) in [6, 6.07) is 9.33. The van der Waals surface area contributed by atoms with Crippen LogP contribution in [0.15, 0.2) is 61.3 Å². The highest BCUT2D eigenvalue weighted by Gasteiger charge is 2.31. The lowest BCUT2D eigenvalue weighted by molar-refractivity contribution is 0.0706. The first-order valence-electron chi connectivity index (χ1n) is 13.1. The molecule has 40 heavy (non-hydrogen) atoms. The van der Waals surface area contributed by atoms with Crippen molar-refractivity contribution < 1.29 is 9.59 Å². The Kier molecular flexibility index (Phi) is 6.25. The minimum atomic E-state index is -0.198. The van der Waals surface area contributed by atoms with Crippen LogP contribution in [0.5, 0.6) is 0 Å². The molecule has 0 spiro atoms. The number of anilines is 2. The van der Waals surface area contributed by atoms with Gasteiger partial charge in [0.2, 0.25) is 0 Å². The maximum atomic E-state index is 13.0. The molecule has 0 atom stereocenters. The van der Waals surface area contributed by atoms with Gasteiger partial charge in [-0.25, -0.2) is 9.97 Å². The molecule has 11 heteroatoms. The predicted molar refractivity (Wildman–Crippen MR) is 152 cm³/mol. The zero-order valence-corrected chi connectivity index (χ0v) is 22.3. The van der Waals surface area contributed by atoms with Gasteiger partial charge in [0.1, 0.15) is 5.82 Å². The second-order valence-electron chi connectivity index (χ2n) is 10.1. The normalized spacial score (nSPS) is 14.1. The zero-order valence-electron chi connectivity index (χ0n) is 22.3. The number of hydrogen-bond donors (Lipinski definition) is 2. The third-order valence-electron chi connectivity index (χ3n) is 7.48. The molecule has 1 aliphatic rings. The van der Waals surface area contributed by atoms with E-state index in [-0.39, 0.29) is 29.1 Å². The van der Waals surface area contributed by atoms with Crippen LogP contribution in [0.2, 0.25) is 0 Å². The Morgan fingerprint density at radius 1 is 1.00 bits per heavy atom. The first kappa shape index (κ1) is 25.2. The fraction of sp³-hybridized carbons (Fsp3) is 0.241. The number of likely N-dealkylation sites (tertiary alicyclic amines) is 1. The minimum Gasteiger partial charge on any atom is -0.397 e. The van der Waals surface area contributed by atoms with Gasteiger partial charge >= 0.3 is 0 Å². The van der Waals surface area contributed by atoms with E-state index in [9.17, 15) is 9.59 Å². The van der Waals surface area contributed by atoms with Gasteiger partial charge in [0.25, 0.3) is 5.91 Å². The van der Waals surface area contributed by atoms with Gasteiger partial charge in [-0.3, -0.25) is 14.6 Å². The Morgan fingerprint density at radius 3 is 2.45 bits per heavy atom. The average molecular weight is 536 g/mol. The zero-order chi connectivity index (χ0) is 28.0. The number of piperidine rings is 1. The number of rotatable bonds is 5. The van der Waals surface area contributed by atoms with Gasteiger partial charge in [-0.05, 0) is 44.0 Å². The first-order chi connectivity index (χ1) is 19.3. The van der Waals surface area contributed by atoms with E-state index in [0.717, 1.165) is 22.4 Å². The summed E-state index contributed by atoms with van der Waals surface area (Å²) >= 11 is 0. The highest BCUT2D eigenvalue weighted by molar-refractivity contribution is 6.00. The molecule has 0 saturated carbocycles. The number of ketones is 1. The molecule has 1 saturated heterocycles. The van der Waals surface area contributed by atoms with E-state index in [1.54, 1.807) is 35.6 Å². The van der Waals surface area contributed by atoms with Gasteiger partial charge in [0.15, 0.2) is 17.1 Å². The first-order valence-corrected chi connectivity index (χ1v) is 13.1. The number of fused-ring (bicyclic) bond motifs is 1. The van der Waals surface area contributed by atoms with Crippen molar-refractivity contribution in [2.75, 3.05) is 24.6 Å². The molecule has 1 fully saturated rings. The molecule has 0 bridgehead atoms. The lowest BCUT2D eigenvalue weighted by Gasteiger charge is -2.32. The van der Waals surface area contributed by atoms with Crippen LogP contribution in [0.4, 0.5) is 11.5 Å². The van der Waals surface area contributed by atoms with Gasteiger partial charge in [-0.2, -0.15) is 9.61 Å². The molecule has 202 valence electrons. The fourth-order valence-electron chi connectivity index (χ4n) is 5.37. The Labute approximate surface area is 230 Å². The number of nitrogens with two attached hydrogens (primary N) is 2. The van der Waals surface area contributed by atoms with Crippen molar-refractivity contribution >= 4 is 28.8 Å². The molecule has 0 aliphatic carbocycles. The van der Waals surface area contributed by atoms with Crippen LogP contribution in [-0.4, -0.2) is 58.8 Å². The van der Waals surface area contributed by atoms with Gasteiger partial charge in [0.05, 0.1) is 28.8 Å². The Balaban J connectivity index is 1.32. The summed E-state index contributed by atoms with van der Waals surface area (Å²) in [6.45, 7) is 2.46. The molecular weight excluding hydrogens is 506 g/mol. The largest absolute Gasteiger partial charge is 0.397 e. The van der Waals surface area contributed by atoms with Gasteiger partial charge in [-0.15, -0.1) is 0 Å². The molecule has 6 heterocycles. The van der Waals surface area contributed by atoms with E-state index in [4.69, 9.17) is 16.5 Å². The van der Waals surface area contributed by atoms with E-state index in [2.05, 4.69) is 15.1 Å². The van der Waals surface area contributed by atoms with Crippen LogP contribution in [0.25, 0.3) is 28.0 Å². The summed E-state index contributed by atoms with van der Waals surface area (Å²) in [6.07, 6.45) is 10.3. The third kappa shape index (κ3) is 4.35. The Hall–Kier alpha value is -5.06. The molecule has 6 rings (SSSR count). The Bertz CT molecular complexity index is 1750. The van der Waals surface area contributed by atoms with E-state index >= 15 is 0 Å². The molecule has 4 N–H and O–H groups in total. The number of Topliss-reactive ketones (excluding diaryl/α,β-unsaturated/α-hetero) is 1. The van der Waals surface area contributed by atoms with E-state index in [1.807, 2.05) is 42.2 Å². The highest BCUT2D eigenvalue weighted by Crippen LogP contribution is 2.35. The lowest BCUT2D eigenvalue weighted by atomic mass is 9.89. The van der Waals surface area contributed by atoms with Crippen molar-refractivity contribution in [3.63, 3.8) is 0 Å². The fourth-order valence-corrected chi connectivity index (χ4v) is 5.37. The molecule has 5 aromatic rings. The van der Waals surface area contributed by atoms with Crippen molar-refractivity contribution in [1.82, 2.24) is 34.0 Å². The van der Waals surface area contributed by atoms with Crippen molar-refractivity contribution in [1.29, 1.82) is 0 Å². The SMILES string of the molecule is CC(=O)c1c(C2CCN(C(=O)c3ncccc3N)CC2)nc2c(-c3ccc(-c4ccn(C)c4)nc3)cnn2c1N. The third-order valence-corrected chi connectivity index (χ3v) is 7.48. The summed E-state index contributed by atoms with van der Waals surface area (Å²) in [7, 11) is 1.97. The van der Waals surface area contributed by atoms with Gasteiger partial charge < -0.3 is 20.9 Å². The average Bonchev–Trinajstić information content (AvgIpc) is 3.59. The summed E-state index contributed by atoms with van der Waals surface area (Å²) < 4.78 is 3.49. The van der Waals surface area contributed by atoms with Crippen LogP contribution >= 0.6 is 0 Å². The van der Waals surface area contributed by atoms with Crippen LogP contribution in [-0.2, 0) is 7.05 Å². The number of nitrogens with zero attached hydrogens (tertiary/aromatic N) is 7. The number of hydrogen-bond acceptors (Lipinski definition) is 8. The molecule has 11 nitrogen and oxygen atoms in total. The quantitative estimate of drug-likeness (QED) is 0.324. The molecule has 1 aliphatic heterocycles. The van der Waals surface area contributed by atoms with Gasteiger partial charge in [0, 0.05) is 67.5 Å². The number of carbonyl (C=O) groups excluding carboxylic acids is 2. The van der Waals surface area contributed by atoms with E-state index in [0.29, 0.717) is 48.5 Å². The number of amides is 1. The maximum Gasteiger partial charge on any atom is 0.274 e. The number of aryl methyl sites for hydroxylation is 1. The van der Waals surface area contributed by atoms with Crippen LogP contribution in [0, 0.1) is 0 Å².